The van der Waals surface area contributed by atoms with Crippen LogP contribution in [0.5, 0.6) is 0 Å². The topological polar surface area (TPSA) is 51.0 Å². The quantitative estimate of drug-likeness (QED) is 0.778. The Hall–Kier alpha value is -1.08. The minimum atomic E-state index is -0.294. The van der Waals surface area contributed by atoms with Crippen molar-refractivity contribution < 1.29 is 4.79 Å². The molecule has 2 atom stereocenters. The summed E-state index contributed by atoms with van der Waals surface area (Å²) in [7, 11) is 0. The second-order valence-electron chi connectivity index (χ2n) is 6.31. The lowest BCUT2D eigenvalue weighted by atomic mass is 10.0. The third kappa shape index (κ3) is 3.10. The molecule has 132 valence electrons. The molecule has 0 amide bonds. The molecule has 0 bridgehead atoms. The van der Waals surface area contributed by atoms with E-state index in [0.717, 1.165) is 37.9 Å². The Morgan fingerprint density at radius 2 is 2.08 bits per heavy atom. The van der Waals surface area contributed by atoms with Crippen molar-refractivity contribution in [2.75, 3.05) is 13.1 Å². The van der Waals surface area contributed by atoms with E-state index in [4.69, 9.17) is 23.2 Å². The molecule has 0 aliphatic carbocycles. The second-order valence-corrected chi connectivity index (χ2v) is 8.26. The Morgan fingerprint density at radius 3 is 2.72 bits per heavy atom. The lowest BCUT2D eigenvalue weighted by molar-refractivity contribution is 0.0847. The van der Waals surface area contributed by atoms with E-state index >= 15 is 0 Å². The molecule has 25 heavy (non-hydrogen) atoms. The maximum Gasteiger partial charge on any atom is 0.264 e. The zero-order valence-corrected chi connectivity index (χ0v) is 16.1. The summed E-state index contributed by atoms with van der Waals surface area (Å²) in [4.78, 5) is 19.8. The Kier molecular flexibility index (Phi) is 4.79. The highest BCUT2D eigenvalue weighted by Gasteiger charge is 2.44. The number of thioether (sulfide) groups is 1. The van der Waals surface area contributed by atoms with Gasteiger partial charge in [0.2, 0.25) is 0 Å². The van der Waals surface area contributed by atoms with Gasteiger partial charge in [0.1, 0.15) is 5.25 Å². The van der Waals surface area contributed by atoms with Crippen LogP contribution in [0.1, 0.15) is 42.0 Å². The molecular weight excluding hydrogens is 379 g/mol. The SMILES string of the molecule is CCc1nc2n(n1)C(=O)C(C(c1ccc(Cl)cc1Cl)N1CCCC1)S2. The van der Waals surface area contributed by atoms with E-state index in [1.54, 1.807) is 6.07 Å². The standard InChI is InChI=1S/C17H18Cl2N4OS/c1-2-13-20-17-23(21-13)16(24)15(25-17)14(22-7-3-4-8-22)11-6-5-10(18)9-12(11)19/h5-6,9,14-15H,2-4,7-8H2,1H3. The molecule has 5 nitrogen and oxygen atoms in total. The van der Waals surface area contributed by atoms with Crippen LogP contribution >= 0.6 is 35.0 Å². The lowest BCUT2D eigenvalue weighted by Crippen LogP contribution is -2.37. The Bertz CT molecular complexity index is 819. The van der Waals surface area contributed by atoms with Gasteiger partial charge in [0.15, 0.2) is 11.0 Å². The van der Waals surface area contributed by atoms with Gasteiger partial charge in [0.05, 0.1) is 6.04 Å². The van der Waals surface area contributed by atoms with Crippen LogP contribution in [-0.2, 0) is 6.42 Å². The zero-order chi connectivity index (χ0) is 17.6. The minimum Gasteiger partial charge on any atom is -0.295 e. The third-order valence-corrected chi connectivity index (χ3v) is 6.47. The van der Waals surface area contributed by atoms with Crippen molar-refractivity contribution in [2.45, 2.75) is 42.6 Å². The summed E-state index contributed by atoms with van der Waals surface area (Å²) >= 11 is 14.0. The molecule has 2 aliphatic rings. The van der Waals surface area contributed by atoms with Gasteiger partial charge in [-0.3, -0.25) is 9.69 Å². The second kappa shape index (κ2) is 6.91. The largest absolute Gasteiger partial charge is 0.295 e. The van der Waals surface area contributed by atoms with Gasteiger partial charge < -0.3 is 0 Å². The average molecular weight is 397 g/mol. The van der Waals surface area contributed by atoms with Crippen LogP contribution in [0.15, 0.2) is 23.4 Å². The van der Waals surface area contributed by atoms with Crippen molar-refractivity contribution in [3.63, 3.8) is 0 Å². The van der Waals surface area contributed by atoms with Crippen molar-refractivity contribution in [1.29, 1.82) is 0 Å². The number of aromatic nitrogens is 3. The molecule has 1 aromatic heterocycles. The number of benzene rings is 1. The number of hydrogen-bond acceptors (Lipinski definition) is 5. The number of hydrogen-bond donors (Lipinski definition) is 0. The van der Waals surface area contributed by atoms with Crippen molar-refractivity contribution in [2.24, 2.45) is 0 Å². The first kappa shape index (κ1) is 17.3. The van der Waals surface area contributed by atoms with E-state index in [9.17, 15) is 4.79 Å². The maximum atomic E-state index is 13.0. The highest BCUT2D eigenvalue weighted by atomic mass is 35.5. The first-order valence-electron chi connectivity index (χ1n) is 8.44. The van der Waals surface area contributed by atoms with E-state index in [0.29, 0.717) is 21.0 Å². The van der Waals surface area contributed by atoms with Crippen LogP contribution in [0.4, 0.5) is 0 Å². The molecule has 3 heterocycles. The summed E-state index contributed by atoms with van der Waals surface area (Å²) in [5.74, 6) is 0.687. The van der Waals surface area contributed by atoms with Gasteiger partial charge in [-0.2, -0.15) is 4.68 Å². The molecule has 0 radical (unpaired) electrons. The molecular formula is C17H18Cl2N4OS. The Balaban J connectivity index is 1.72. The predicted molar refractivity (Wildman–Crippen MR) is 99.7 cm³/mol. The molecule has 1 saturated heterocycles. The fourth-order valence-corrected chi connectivity index (χ4v) is 5.29. The molecule has 2 aliphatic heterocycles. The molecule has 2 unspecified atom stereocenters. The van der Waals surface area contributed by atoms with Crippen molar-refractivity contribution >= 4 is 40.9 Å². The molecule has 0 saturated carbocycles. The van der Waals surface area contributed by atoms with E-state index < -0.39 is 0 Å². The molecule has 8 heteroatoms. The van der Waals surface area contributed by atoms with Gasteiger partial charge >= 0.3 is 0 Å². The molecule has 0 N–H and O–H groups in total. The number of fused-ring (bicyclic) bond motifs is 1. The Labute approximate surface area is 160 Å². The van der Waals surface area contributed by atoms with Crippen LogP contribution in [0.2, 0.25) is 10.0 Å². The monoisotopic (exact) mass is 396 g/mol. The lowest BCUT2D eigenvalue weighted by Gasteiger charge is -2.31. The van der Waals surface area contributed by atoms with Gasteiger partial charge in [0.25, 0.3) is 5.91 Å². The van der Waals surface area contributed by atoms with Crippen molar-refractivity contribution in [1.82, 2.24) is 19.7 Å². The van der Waals surface area contributed by atoms with E-state index in [-0.39, 0.29) is 17.2 Å². The first-order valence-corrected chi connectivity index (χ1v) is 10.1. The molecule has 0 spiro atoms. The fraction of sp³-hybridized carbons (Fsp3) is 0.471. The third-order valence-electron chi connectivity index (χ3n) is 4.72. The number of nitrogens with zero attached hydrogens (tertiary/aromatic N) is 4. The Morgan fingerprint density at radius 1 is 1.32 bits per heavy atom. The van der Waals surface area contributed by atoms with Gasteiger partial charge in [-0.1, -0.05) is 48.0 Å². The average Bonchev–Trinajstić information content (AvgIpc) is 3.29. The highest BCUT2D eigenvalue weighted by molar-refractivity contribution is 8.00. The highest BCUT2D eigenvalue weighted by Crippen LogP contribution is 2.44. The number of carbonyl (C=O) groups is 1. The normalized spacial score (nSPS) is 21.7. The fourth-order valence-electron chi connectivity index (χ4n) is 3.50. The van der Waals surface area contributed by atoms with E-state index in [2.05, 4.69) is 15.0 Å². The van der Waals surface area contributed by atoms with Crippen LogP contribution in [0, 0.1) is 0 Å². The zero-order valence-electron chi connectivity index (χ0n) is 13.8. The summed E-state index contributed by atoms with van der Waals surface area (Å²) in [5, 5.41) is 5.93. The first-order chi connectivity index (χ1) is 12.1. The van der Waals surface area contributed by atoms with Gasteiger partial charge in [0, 0.05) is 16.5 Å². The molecule has 2 aromatic rings. The summed E-state index contributed by atoms with van der Waals surface area (Å²) in [6, 6.07) is 5.42. The van der Waals surface area contributed by atoms with Gasteiger partial charge in [-0.05, 0) is 43.6 Å². The van der Waals surface area contributed by atoms with E-state index in [1.807, 2.05) is 19.1 Å². The van der Waals surface area contributed by atoms with Crippen LogP contribution < -0.4 is 0 Å². The number of rotatable bonds is 4. The van der Waals surface area contributed by atoms with Crippen LogP contribution in [0.25, 0.3) is 0 Å². The summed E-state index contributed by atoms with van der Waals surface area (Å²) < 4.78 is 1.46. The van der Waals surface area contributed by atoms with Crippen molar-refractivity contribution in [3.05, 3.63) is 39.6 Å². The maximum absolute atomic E-state index is 13.0. The van der Waals surface area contributed by atoms with Crippen LogP contribution in [0.3, 0.4) is 0 Å². The minimum absolute atomic E-state index is 0.0184. The van der Waals surface area contributed by atoms with Crippen LogP contribution in [-0.4, -0.2) is 43.9 Å². The molecule has 1 aromatic carbocycles. The number of halogens is 2. The summed E-state index contributed by atoms with van der Waals surface area (Å²) in [6.07, 6.45) is 2.99. The predicted octanol–water partition coefficient (Wildman–Crippen LogP) is 4.10. The number of aryl methyl sites for hydroxylation is 1. The smallest absolute Gasteiger partial charge is 0.264 e. The number of likely N-dealkylation sites (tertiary alicyclic amines) is 1. The summed E-state index contributed by atoms with van der Waals surface area (Å²) in [5.41, 5.74) is 0.945. The summed E-state index contributed by atoms with van der Waals surface area (Å²) in [6.45, 7) is 3.91. The van der Waals surface area contributed by atoms with Crippen molar-refractivity contribution in [3.8, 4) is 0 Å². The van der Waals surface area contributed by atoms with Gasteiger partial charge in [-0.25, -0.2) is 4.98 Å². The van der Waals surface area contributed by atoms with E-state index in [1.165, 1.54) is 16.4 Å². The number of carbonyl (C=O) groups excluding carboxylic acids is 1. The van der Waals surface area contributed by atoms with Gasteiger partial charge in [-0.15, -0.1) is 5.10 Å². The molecule has 1 fully saturated rings. The molecule has 4 rings (SSSR count).